The van der Waals surface area contributed by atoms with Gasteiger partial charge in [-0.1, -0.05) is 23.7 Å². The van der Waals surface area contributed by atoms with Crippen LogP contribution in [-0.2, 0) is 14.3 Å². The molecule has 0 aliphatic heterocycles. The maximum absolute atomic E-state index is 14.0. The Morgan fingerprint density at radius 3 is 2.35 bits per heavy atom. The first-order valence-corrected chi connectivity index (χ1v) is 10.4. The Morgan fingerprint density at radius 1 is 1.12 bits per heavy atom. The standard InChI is InChI=1S/C22H23ClF4N2O5/c1-3-34-20(22(25,26)27)15-6-4-12(13(11-33-2)9-19(30)31)8-18(15)29-21(32)28-17-7-5-14(23)10-16(17)24/h4-8,10,13,20H,3,9,11H2,1-2H3,(H,30,31)(H2,28,29,32)/t13-,20-/m0/s1. The lowest BCUT2D eigenvalue weighted by Gasteiger charge is -2.25. The monoisotopic (exact) mass is 506 g/mol. The number of nitrogens with one attached hydrogen (secondary N) is 2. The van der Waals surface area contributed by atoms with Crippen LogP contribution in [0.15, 0.2) is 36.4 Å². The highest BCUT2D eigenvalue weighted by molar-refractivity contribution is 6.30. The number of halogens is 5. The van der Waals surface area contributed by atoms with Gasteiger partial charge in [-0.25, -0.2) is 9.18 Å². The number of methoxy groups -OCH3 is 1. The van der Waals surface area contributed by atoms with Gasteiger partial charge in [-0.15, -0.1) is 0 Å². The van der Waals surface area contributed by atoms with Crippen molar-refractivity contribution < 1.29 is 41.7 Å². The van der Waals surface area contributed by atoms with Crippen molar-refractivity contribution in [2.24, 2.45) is 0 Å². The molecule has 0 spiro atoms. The number of hydrogen-bond donors (Lipinski definition) is 3. The van der Waals surface area contributed by atoms with Crippen molar-refractivity contribution in [3.63, 3.8) is 0 Å². The van der Waals surface area contributed by atoms with E-state index in [1.54, 1.807) is 0 Å². The number of benzene rings is 2. The molecule has 34 heavy (non-hydrogen) atoms. The fraction of sp³-hybridized carbons (Fsp3) is 0.364. The molecule has 3 N–H and O–H groups in total. The molecule has 7 nitrogen and oxygen atoms in total. The first kappa shape index (κ1) is 27.4. The van der Waals surface area contributed by atoms with Gasteiger partial charge in [0.05, 0.1) is 18.7 Å². The van der Waals surface area contributed by atoms with Gasteiger partial charge in [0.2, 0.25) is 0 Å². The number of carbonyl (C=O) groups is 2. The number of alkyl halides is 3. The lowest BCUT2D eigenvalue weighted by atomic mass is 9.93. The van der Waals surface area contributed by atoms with Gasteiger partial charge in [-0.3, -0.25) is 4.79 Å². The van der Waals surface area contributed by atoms with Crippen LogP contribution in [0.4, 0.5) is 33.7 Å². The number of carbonyl (C=O) groups excluding carboxylic acids is 1. The maximum atomic E-state index is 14.0. The van der Waals surface area contributed by atoms with E-state index in [0.29, 0.717) is 5.56 Å². The second kappa shape index (κ2) is 12.0. The van der Waals surface area contributed by atoms with Crippen molar-refractivity contribution in [3.8, 4) is 0 Å². The molecular formula is C22H23ClF4N2O5. The Labute approximate surface area is 198 Å². The number of urea groups is 1. The summed E-state index contributed by atoms with van der Waals surface area (Å²) in [6.07, 6.45) is -7.53. The van der Waals surface area contributed by atoms with Crippen molar-refractivity contribution in [2.45, 2.75) is 31.5 Å². The van der Waals surface area contributed by atoms with Gasteiger partial charge < -0.3 is 25.2 Å². The summed E-state index contributed by atoms with van der Waals surface area (Å²) >= 11 is 5.68. The molecule has 0 saturated carbocycles. The molecule has 186 valence electrons. The highest BCUT2D eigenvalue weighted by atomic mass is 35.5. The van der Waals surface area contributed by atoms with Gasteiger partial charge in [-0.05, 0) is 36.8 Å². The molecule has 0 unspecified atom stereocenters. The first-order valence-electron chi connectivity index (χ1n) is 10.0. The van der Waals surface area contributed by atoms with Gasteiger partial charge in [0.1, 0.15) is 5.82 Å². The lowest BCUT2D eigenvalue weighted by Crippen LogP contribution is -2.27. The van der Waals surface area contributed by atoms with Crippen LogP contribution in [0.25, 0.3) is 0 Å². The number of anilines is 2. The smallest absolute Gasteiger partial charge is 0.418 e. The minimum Gasteiger partial charge on any atom is -0.481 e. The van der Waals surface area contributed by atoms with Gasteiger partial charge in [0.15, 0.2) is 6.10 Å². The Balaban J connectivity index is 2.47. The highest BCUT2D eigenvalue weighted by Crippen LogP contribution is 2.40. The van der Waals surface area contributed by atoms with Crippen LogP contribution in [0, 0.1) is 5.82 Å². The van der Waals surface area contributed by atoms with E-state index in [-0.39, 0.29) is 36.0 Å². The molecular weight excluding hydrogens is 484 g/mol. The summed E-state index contributed by atoms with van der Waals surface area (Å²) in [7, 11) is 1.35. The van der Waals surface area contributed by atoms with Gasteiger partial charge in [0.25, 0.3) is 0 Å². The molecule has 12 heteroatoms. The summed E-state index contributed by atoms with van der Waals surface area (Å²) in [4.78, 5) is 23.7. The van der Waals surface area contributed by atoms with E-state index in [1.807, 2.05) is 0 Å². The Hall–Kier alpha value is -2.89. The van der Waals surface area contributed by atoms with Crippen molar-refractivity contribution in [1.29, 1.82) is 0 Å². The molecule has 0 heterocycles. The summed E-state index contributed by atoms with van der Waals surface area (Å²) in [6.45, 7) is 1.10. The molecule has 0 fully saturated rings. The summed E-state index contributed by atoms with van der Waals surface area (Å²) in [6, 6.07) is 6.08. The minimum absolute atomic E-state index is 0.0264. The zero-order valence-corrected chi connectivity index (χ0v) is 19.0. The van der Waals surface area contributed by atoms with E-state index in [4.69, 9.17) is 26.2 Å². The van der Waals surface area contributed by atoms with Crippen LogP contribution < -0.4 is 10.6 Å². The molecule has 0 aliphatic carbocycles. The summed E-state index contributed by atoms with van der Waals surface area (Å²) in [5, 5.41) is 13.7. The zero-order chi connectivity index (χ0) is 25.5. The number of hydrogen-bond acceptors (Lipinski definition) is 4. The highest BCUT2D eigenvalue weighted by Gasteiger charge is 2.43. The van der Waals surface area contributed by atoms with Crippen LogP contribution in [0.2, 0.25) is 5.02 Å². The average molecular weight is 507 g/mol. The topological polar surface area (TPSA) is 96.9 Å². The Bertz CT molecular complexity index is 1020. The molecule has 0 saturated heterocycles. The fourth-order valence-electron chi connectivity index (χ4n) is 3.24. The van der Waals surface area contributed by atoms with Gasteiger partial charge in [-0.2, -0.15) is 13.2 Å². The van der Waals surface area contributed by atoms with Crippen LogP contribution in [0.5, 0.6) is 0 Å². The second-order valence-electron chi connectivity index (χ2n) is 7.18. The van der Waals surface area contributed by atoms with E-state index in [1.165, 1.54) is 38.3 Å². The van der Waals surface area contributed by atoms with Crippen LogP contribution in [0.3, 0.4) is 0 Å². The summed E-state index contributed by atoms with van der Waals surface area (Å²) < 4.78 is 65.0. The third-order valence-electron chi connectivity index (χ3n) is 4.68. The van der Waals surface area contributed by atoms with E-state index in [2.05, 4.69) is 10.6 Å². The van der Waals surface area contributed by atoms with Crippen LogP contribution >= 0.6 is 11.6 Å². The van der Waals surface area contributed by atoms with E-state index < -0.39 is 41.6 Å². The second-order valence-corrected chi connectivity index (χ2v) is 7.61. The quantitative estimate of drug-likeness (QED) is 0.345. The van der Waals surface area contributed by atoms with Crippen LogP contribution in [-0.4, -0.2) is 43.6 Å². The summed E-state index contributed by atoms with van der Waals surface area (Å²) in [5.41, 5.74) is -0.624. The number of amides is 2. The molecule has 2 atom stereocenters. The molecule has 2 aromatic rings. The first-order chi connectivity index (χ1) is 16.0. The van der Waals surface area contributed by atoms with Crippen molar-refractivity contribution in [1.82, 2.24) is 0 Å². The van der Waals surface area contributed by atoms with E-state index in [9.17, 15) is 27.2 Å². The number of aliphatic carboxylic acids is 1. The predicted octanol–water partition coefficient (Wildman–Crippen LogP) is 5.97. The predicted molar refractivity (Wildman–Crippen MR) is 118 cm³/mol. The third kappa shape index (κ3) is 7.57. The largest absolute Gasteiger partial charge is 0.481 e. The Kier molecular flexibility index (Phi) is 9.66. The molecule has 2 rings (SSSR count). The fourth-order valence-corrected chi connectivity index (χ4v) is 3.40. The maximum Gasteiger partial charge on any atom is 0.418 e. The molecule has 2 aromatic carbocycles. The number of carboxylic acid groups (broad SMARTS) is 1. The number of ether oxygens (including phenoxy) is 2. The van der Waals surface area contributed by atoms with E-state index >= 15 is 0 Å². The number of carboxylic acids is 1. The molecule has 2 amide bonds. The van der Waals surface area contributed by atoms with E-state index in [0.717, 1.165) is 12.1 Å². The zero-order valence-electron chi connectivity index (χ0n) is 18.2. The Morgan fingerprint density at radius 2 is 1.79 bits per heavy atom. The normalized spacial score (nSPS) is 13.3. The molecule has 0 aliphatic rings. The van der Waals surface area contributed by atoms with Crippen molar-refractivity contribution in [2.75, 3.05) is 31.0 Å². The van der Waals surface area contributed by atoms with Gasteiger partial charge in [0, 0.05) is 35.9 Å². The SMILES string of the molecule is CCO[C@@H](c1ccc([C@H](COC)CC(=O)O)cc1NC(=O)Nc1ccc(Cl)cc1F)C(F)(F)F. The van der Waals surface area contributed by atoms with Crippen LogP contribution in [0.1, 0.15) is 36.5 Å². The molecule has 0 bridgehead atoms. The summed E-state index contributed by atoms with van der Waals surface area (Å²) in [5.74, 6) is -2.69. The van der Waals surface area contributed by atoms with Crippen molar-refractivity contribution >= 4 is 35.0 Å². The van der Waals surface area contributed by atoms with Gasteiger partial charge >= 0.3 is 18.2 Å². The lowest BCUT2D eigenvalue weighted by molar-refractivity contribution is -0.222. The average Bonchev–Trinajstić information content (AvgIpc) is 2.73. The molecule has 0 radical (unpaired) electrons. The molecule has 0 aromatic heterocycles. The van der Waals surface area contributed by atoms with Crippen molar-refractivity contribution in [3.05, 3.63) is 58.4 Å². The minimum atomic E-state index is -4.81. The third-order valence-corrected chi connectivity index (χ3v) is 4.91. The number of rotatable bonds is 10.